The van der Waals surface area contributed by atoms with Crippen LogP contribution in [0.5, 0.6) is 0 Å². The average molecular weight is 323 g/mol. The van der Waals surface area contributed by atoms with Crippen molar-refractivity contribution in [1.29, 1.82) is 0 Å². The monoisotopic (exact) mass is 322 g/mol. The van der Waals surface area contributed by atoms with Gasteiger partial charge in [0, 0.05) is 12.6 Å². The molecule has 22 heavy (non-hydrogen) atoms. The van der Waals surface area contributed by atoms with E-state index in [0.717, 1.165) is 42.2 Å². The van der Waals surface area contributed by atoms with Crippen LogP contribution in [0.3, 0.4) is 0 Å². The Morgan fingerprint density at radius 1 is 1.45 bits per heavy atom. The first-order valence-corrected chi connectivity index (χ1v) is 7.77. The smallest absolute Gasteiger partial charge is 0.244 e. The number of aromatic nitrogens is 3. The molecule has 0 N–H and O–H groups in total. The highest BCUT2D eigenvalue weighted by Gasteiger charge is 2.32. The summed E-state index contributed by atoms with van der Waals surface area (Å²) in [7, 11) is 0. The molecule has 6 nitrogen and oxygen atoms in total. The maximum Gasteiger partial charge on any atom is 0.244 e. The van der Waals surface area contributed by atoms with E-state index in [9.17, 15) is 4.79 Å². The molecule has 3 heterocycles. The average Bonchev–Trinajstić information content (AvgIpc) is 3.16. The van der Waals surface area contributed by atoms with Crippen LogP contribution in [0.2, 0.25) is 5.02 Å². The van der Waals surface area contributed by atoms with Crippen molar-refractivity contribution in [2.45, 2.75) is 46.2 Å². The molecule has 0 aliphatic carbocycles. The first kappa shape index (κ1) is 15.1. The van der Waals surface area contributed by atoms with Gasteiger partial charge in [0.15, 0.2) is 0 Å². The van der Waals surface area contributed by atoms with E-state index in [2.05, 4.69) is 10.3 Å². The van der Waals surface area contributed by atoms with E-state index in [1.165, 1.54) is 0 Å². The molecule has 0 aromatic carbocycles. The Labute approximate surface area is 134 Å². The molecule has 7 heteroatoms. The van der Waals surface area contributed by atoms with Crippen LogP contribution in [0, 0.1) is 20.8 Å². The molecular formula is C15H19ClN4O2. The summed E-state index contributed by atoms with van der Waals surface area (Å²) in [6, 6.07) is 1.90. The maximum atomic E-state index is 12.6. The van der Waals surface area contributed by atoms with E-state index in [0.29, 0.717) is 5.02 Å². The van der Waals surface area contributed by atoms with Crippen molar-refractivity contribution >= 4 is 17.5 Å². The van der Waals surface area contributed by atoms with Crippen LogP contribution in [-0.2, 0) is 11.3 Å². The normalized spacial score (nSPS) is 18.2. The summed E-state index contributed by atoms with van der Waals surface area (Å²) < 4.78 is 6.81. The number of nitrogens with zero attached hydrogens (tertiary/aromatic N) is 4. The second kappa shape index (κ2) is 5.76. The number of hydrogen-bond acceptors (Lipinski definition) is 4. The van der Waals surface area contributed by atoms with Crippen LogP contribution in [0.15, 0.2) is 10.6 Å². The highest BCUT2D eigenvalue weighted by atomic mass is 35.5. The largest absolute Gasteiger partial charge is 0.361 e. The van der Waals surface area contributed by atoms with Crippen molar-refractivity contribution in [2.24, 2.45) is 0 Å². The Hall–Kier alpha value is -1.82. The number of carbonyl (C=O) groups is 1. The van der Waals surface area contributed by atoms with Gasteiger partial charge in [0.2, 0.25) is 5.91 Å². The van der Waals surface area contributed by atoms with Crippen molar-refractivity contribution in [3.05, 3.63) is 33.9 Å². The fraction of sp³-hybridized carbons (Fsp3) is 0.533. The molecule has 1 saturated heterocycles. The Kier molecular flexibility index (Phi) is 3.95. The topological polar surface area (TPSA) is 64.2 Å². The van der Waals surface area contributed by atoms with Crippen molar-refractivity contribution in [1.82, 2.24) is 19.8 Å². The molecule has 0 spiro atoms. The molecule has 0 saturated carbocycles. The number of carbonyl (C=O) groups excluding carboxylic acids is 1. The van der Waals surface area contributed by atoms with Gasteiger partial charge in [0.25, 0.3) is 0 Å². The summed E-state index contributed by atoms with van der Waals surface area (Å²) in [5, 5.41) is 9.01. The molecule has 1 fully saturated rings. The van der Waals surface area contributed by atoms with Crippen molar-refractivity contribution < 1.29 is 9.32 Å². The van der Waals surface area contributed by atoms with E-state index >= 15 is 0 Å². The van der Waals surface area contributed by atoms with Crippen LogP contribution < -0.4 is 0 Å². The van der Waals surface area contributed by atoms with E-state index in [-0.39, 0.29) is 18.5 Å². The number of halogens is 1. The van der Waals surface area contributed by atoms with Crippen molar-refractivity contribution in [2.75, 3.05) is 6.54 Å². The maximum absolute atomic E-state index is 12.6. The van der Waals surface area contributed by atoms with Gasteiger partial charge in [-0.15, -0.1) is 0 Å². The van der Waals surface area contributed by atoms with Gasteiger partial charge in [0.05, 0.1) is 22.5 Å². The quantitative estimate of drug-likeness (QED) is 0.871. The Bertz CT molecular complexity index is 706. The Balaban J connectivity index is 1.77. The van der Waals surface area contributed by atoms with E-state index < -0.39 is 0 Å². The van der Waals surface area contributed by atoms with Gasteiger partial charge in [-0.2, -0.15) is 5.10 Å². The number of aryl methyl sites for hydroxylation is 2. The highest BCUT2D eigenvalue weighted by Crippen LogP contribution is 2.32. The lowest BCUT2D eigenvalue weighted by atomic mass is 10.1. The van der Waals surface area contributed by atoms with E-state index in [4.69, 9.17) is 16.1 Å². The second-order valence-electron chi connectivity index (χ2n) is 5.75. The molecule has 1 aliphatic rings. The van der Waals surface area contributed by atoms with Gasteiger partial charge in [-0.05, 0) is 33.6 Å². The van der Waals surface area contributed by atoms with Crippen LogP contribution >= 0.6 is 11.6 Å². The molecule has 3 rings (SSSR count). The lowest BCUT2D eigenvalue weighted by Crippen LogP contribution is -2.34. The minimum absolute atomic E-state index is 0.00242. The molecule has 2 aromatic heterocycles. The van der Waals surface area contributed by atoms with Gasteiger partial charge in [-0.3, -0.25) is 9.48 Å². The summed E-state index contributed by atoms with van der Waals surface area (Å²) in [5.41, 5.74) is 2.40. The molecule has 1 atom stereocenters. The van der Waals surface area contributed by atoms with Gasteiger partial charge >= 0.3 is 0 Å². The molecule has 2 aromatic rings. The molecule has 118 valence electrons. The summed E-state index contributed by atoms with van der Waals surface area (Å²) in [5.74, 6) is 0.796. The Morgan fingerprint density at radius 2 is 2.23 bits per heavy atom. The fourth-order valence-corrected chi connectivity index (χ4v) is 3.10. The molecule has 1 amide bonds. The highest BCUT2D eigenvalue weighted by molar-refractivity contribution is 6.31. The SMILES string of the molecule is Cc1cc([C@@H]2CCCN2C(=O)Cn2nc(C)c(Cl)c2C)no1. The number of hydrogen-bond donors (Lipinski definition) is 0. The number of rotatable bonds is 3. The van der Waals surface area contributed by atoms with E-state index in [1.54, 1.807) is 4.68 Å². The van der Waals surface area contributed by atoms with Crippen LogP contribution in [-0.4, -0.2) is 32.3 Å². The predicted octanol–water partition coefficient (Wildman–Crippen LogP) is 2.81. The third kappa shape index (κ3) is 2.63. The van der Waals surface area contributed by atoms with Crippen LogP contribution in [0.1, 0.15) is 41.7 Å². The molecule has 0 bridgehead atoms. The Morgan fingerprint density at radius 3 is 2.82 bits per heavy atom. The number of amides is 1. The van der Waals surface area contributed by atoms with Crippen molar-refractivity contribution in [3.8, 4) is 0 Å². The summed E-state index contributed by atoms with van der Waals surface area (Å²) in [6.45, 7) is 6.51. The summed E-state index contributed by atoms with van der Waals surface area (Å²) in [6.07, 6.45) is 1.88. The third-order valence-corrected chi connectivity index (χ3v) is 4.69. The summed E-state index contributed by atoms with van der Waals surface area (Å²) >= 11 is 6.14. The van der Waals surface area contributed by atoms with Gasteiger partial charge in [0.1, 0.15) is 18.0 Å². The summed E-state index contributed by atoms with van der Waals surface area (Å²) in [4.78, 5) is 14.5. The molecule has 0 unspecified atom stereocenters. The van der Waals surface area contributed by atoms with Crippen LogP contribution in [0.25, 0.3) is 0 Å². The second-order valence-corrected chi connectivity index (χ2v) is 6.13. The molecule has 0 radical (unpaired) electrons. The first-order chi connectivity index (χ1) is 10.5. The number of likely N-dealkylation sites (tertiary alicyclic amines) is 1. The minimum Gasteiger partial charge on any atom is -0.361 e. The van der Waals surface area contributed by atoms with Gasteiger partial charge < -0.3 is 9.42 Å². The lowest BCUT2D eigenvalue weighted by Gasteiger charge is -2.23. The fourth-order valence-electron chi connectivity index (χ4n) is 2.96. The van der Waals surface area contributed by atoms with Gasteiger partial charge in [-0.25, -0.2) is 0 Å². The minimum atomic E-state index is -0.00242. The zero-order valence-corrected chi connectivity index (χ0v) is 13.7. The zero-order chi connectivity index (χ0) is 15.9. The van der Waals surface area contributed by atoms with Crippen LogP contribution in [0.4, 0.5) is 0 Å². The first-order valence-electron chi connectivity index (χ1n) is 7.39. The van der Waals surface area contributed by atoms with Gasteiger partial charge in [-0.1, -0.05) is 16.8 Å². The molecular weight excluding hydrogens is 304 g/mol. The zero-order valence-electron chi connectivity index (χ0n) is 13.0. The standard InChI is InChI=1S/C15H19ClN4O2/c1-9-7-12(18-22-9)13-5-4-6-19(13)14(21)8-20-11(3)15(16)10(2)17-20/h7,13H,4-6,8H2,1-3H3/t13-/m0/s1. The van der Waals surface area contributed by atoms with Crippen molar-refractivity contribution in [3.63, 3.8) is 0 Å². The molecule has 1 aliphatic heterocycles. The third-order valence-electron chi connectivity index (χ3n) is 4.14. The predicted molar refractivity (Wildman–Crippen MR) is 81.6 cm³/mol. The van der Waals surface area contributed by atoms with E-state index in [1.807, 2.05) is 31.7 Å². The lowest BCUT2D eigenvalue weighted by molar-refractivity contribution is -0.133.